The summed E-state index contributed by atoms with van der Waals surface area (Å²) in [5.74, 6) is -3.41. The number of hydrogen-bond donors (Lipinski definition) is 1. The average Bonchev–Trinajstić information content (AvgIpc) is 2.37. The number of hydrogen-bond acceptors (Lipinski definition) is 1. The molecule has 0 aliphatic heterocycles. The van der Waals surface area contributed by atoms with E-state index in [1.165, 1.54) is 6.07 Å². The highest BCUT2D eigenvalue weighted by molar-refractivity contribution is 5.24. The first-order valence-corrected chi connectivity index (χ1v) is 6.43. The maximum Gasteiger partial charge on any atom is 0.194 e. The van der Waals surface area contributed by atoms with Gasteiger partial charge in [0.25, 0.3) is 0 Å². The molecule has 0 saturated carbocycles. The summed E-state index contributed by atoms with van der Waals surface area (Å²) in [5, 5.41) is 3.16. The molecule has 1 nitrogen and oxygen atoms in total. The fraction of sp³-hybridized carbons (Fsp3) is 0.571. The quantitative estimate of drug-likeness (QED) is 0.755. The zero-order chi connectivity index (χ0) is 13.7. The molecule has 1 atom stereocenters. The van der Waals surface area contributed by atoms with Crippen molar-refractivity contribution in [2.24, 2.45) is 5.92 Å². The van der Waals surface area contributed by atoms with Gasteiger partial charge in [-0.1, -0.05) is 39.7 Å². The van der Waals surface area contributed by atoms with Gasteiger partial charge in [-0.3, -0.25) is 0 Å². The maximum absolute atomic E-state index is 13.8. The van der Waals surface area contributed by atoms with Gasteiger partial charge in [0.1, 0.15) is 0 Å². The Morgan fingerprint density at radius 3 is 2.11 bits per heavy atom. The van der Waals surface area contributed by atoms with Gasteiger partial charge in [-0.2, -0.15) is 0 Å². The number of halogens is 3. The van der Waals surface area contributed by atoms with Gasteiger partial charge in [0, 0.05) is 11.6 Å². The highest BCUT2D eigenvalue weighted by Gasteiger charge is 2.25. The van der Waals surface area contributed by atoms with Crippen LogP contribution >= 0.6 is 0 Å². The smallest absolute Gasteiger partial charge is 0.194 e. The summed E-state index contributed by atoms with van der Waals surface area (Å²) in [6, 6.07) is 2.04. The minimum atomic E-state index is -1.39. The second-order valence-electron chi connectivity index (χ2n) is 4.38. The summed E-state index contributed by atoms with van der Waals surface area (Å²) >= 11 is 0. The first-order chi connectivity index (χ1) is 8.56. The zero-order valence-corrected chi connectivity index (χ0v) is 11.1. The molecule has 102 valence electrons. The van der Waals surface area contributed by atoms with Gasteiger partial charge in [-0.05, 0) is 18.5 Å². The van der Waals surface area contributed by atoms with Crippen molar-refractivity contribution in [2.45, 2.75) is 39.7 Å². The van der Waals surface area contributed by atoms with E-state index in [1.807, 2.05) is 20.8 Å². The van der Waals surface area contributed by atoms with Gasteiger partial charge >= 0.3 is 0 Å². The van der Waals surface area contributed by atoms with Crippen LogP contribution in [0.15, 0.2) is 12.1 Å². The van der Waals surface area contributed by atoms with Crippen molar-refractivity contribution < 1.29 is 13.2 Å². The lowest BCUT2D eigenvalue weighted by atomic mass is 9.88. The van der Waals surface area contributed by atoms with E-state index in [0.29, 0.717) is 6.54 Å². The Labute approximate surface area is 106 Å². The highest BCUT2D eigenvalue weighted by Crippen LogP contribution is 2.30. The maximum atomic E-state index is 13.8. The van der Waals surface area contributed by atoms with Crippen molar-refractivity contribution in [1.82, 2.24) is 5.32 Å². The predicted molar refractivity (Wildman–Crippen MR) is 66.8 cm³/mol. The van der Waals surface area contributed by atoms with Gasteiger partial charge in [0.05, 0.1) is 0 Å². The summed E-state index contributed by atoms with van der Waals surface area (Å²) in [4.78, 5) is 0. The van der Waals surface area contributed by atoms with Crippen molar-refractivity contribution >= 4 is 0 Å². The monoisotopic (exact) mass is 259 g/mol. The van der Waals surface area contributed by atoms with Crippen molar-refractivity contribution in [3.05, 3.63) is 35.1 Å². The molecule has 0 saturated heterocycles. The molecule has 1 rings (SSSR count). The molecule has 0 spiro atoms. The van der Waals surface area contributed by atoms with E-state index in [1.54, 1.807) is 0 Å². The standard InChI is InChI=1S/C14H20F3N/c1-4-9(5-2)14(18-6-3)10-7-8-11(15)13(17)12(10)16/h7-9,14,18H,4-6H2,1-3H3. The molecule has 0 aliphatic rings. The molecule has 18 heavy (non-hydrogen) atoms. The van der Waals surface area contributed by atoms with Crippen LogP contribution in [0.2, 0.25) is 0 Å². The summed E-state index contributed by atoms with van der Waals surface area (Å²) in [6.45, 7) is 6.58. The summed E-state index contributed by atoms with van der Waals surface area (Å²) < 4.78 is 40.0. The van der Waals surface area contributed by atoms with Crippen LogP contribution in [0.25, 0.3) is 0 Å². The lowest BCUT2D eigenvalue weighted by Crippen LogP contribution is -2.29. The fourth-order valence-corrected chi connectivity index (χ4v) is 2.29. The van der Waals surface area contributed by atoms with Gasteiger partial charge < -0.3 is 5.32 Å². The Bertz CT molecular complexity index is 389. The molecular formula is C14H20F3N. The van der Waals surface area contributed by atoms with Crippen LogP contribution in [0, 0.1) is 23.4 Å². The number of nitrogens with one attached hydrogen (secondary N) is 1. The molecule has 1 unspecified atom stereocenters. The van der Waals surface area contributed by atoms with Gasteiger partial charge in [0.2, 0.25) is 0 Å². The van der Waals surface area contributed by atoms with E-state index < -0.39 is 17.5 Å². The molecule has 1 aromatic carbocycles. The number of rotatable bonds is 6. The molecule has 0 fully saturated rings. The fourth-order valence-electron chi connectivity index (χ4n) is 2.29. The second kappa shape index (κ2) is 6.78. The minimum absolute atomic E-state index is 0.198. The van der Waals surface area contributed by atoms with Gasteiger partial charge in [-0.25, -0.2) is 13.2 Å². The predicted octanol–water partition coefficient (Wildman–Crippen LogP) is 4.19. The Morgan fingerprint density at radius 1 is 1.00 bits per heavy atom. The molecular weight excluding hydrogens is 239 g/mol. The van der Waals surface area contributed by atoms with Crippen LogP contribution in [0.5, 0.6) is 0 Å². The van der Waals surface area contributed by atoms with E-state index in [0.717, 1.165) is 18.9 Å². The van der Waals surface area contributed by atoms with E-state index >= 15 is 0 Å². The third kappa shape index (κ3) is 3.05. The van der Waals surface area contributed by atoms with Crippen molar-refractivity contribution in [3.63, 3.8) is 0 Å². The van der Waals surface area contributed by atoms with Crippen LogP contribution in [0.4, 0.5) is 13.2 Å². The molecule has 1 N–H and O–H groups in total. The van der Waals surface area contributed by atoms with Crippen molar-refractivity contribution in [2.75, 3.05) is 6.54 Å². The summed E-state index contributed by atoms with van der Waals surface area (Å²) in [5.41, 5.74) is 0.212. The normalized spacial score (nSPS) is 13.1. The lowest BCUT2D eigenvalue weighted by Gasteiger charge is -2.27. The molecule has 1 aromatic rings. The molecule has 0 heterocycles. The largest absolute Gasteiger partial charge is 0.310 e. The minimum Gasteiger partial charge on any atom is -0.310 e. The SMILES string of the molecule is CCNC(c1ccc(F)c(F)c1F)C(CC)CC. The summed E-state index contributed by atoms with van der Waals surface area (Å²) in [6.07, 6.45) is 1.71. The van der Waals surface area contributed by atoms with Crippen molar-refractivity contribution in [1.29, 1.82) is 0 Å². The average molecular weight is 259 g/mol. The van der Waals surface area contributed by atoms with Crippen LogP contribution in [-0.4, -0.2) is 6.54 Å². The molecule has 0 radical (unpaired) electrons. The number of benzene rings is 1. The molecule has 0 bridgehead atoms. The van der Waals surface area contributed by atoms with Crippen LogP contribution < -0.4 is 5.32 Å². The third-order valence-corrected chi connectivity index (χ3v) is 3.34. The first kappa shape index (κ1) is 15.0. The second-order valence-corrected chi connectivity index (χ2v) is 4.38. The Balaban J connectivity index is 3.17. The summed E-state index contributed by atoms with van der Waals surface area (Å²) in [7, 11) is 0. The Kier molecular flexibility index (Phi) is 5.66. The molecule has 4 heteroatoms. The van der Waals surface area contributed by atoms with E-state index in [2.05, 4.69) is 5.32 Å². The molecule has 0 aromatic heterocycles. The van der Waals surface area contributed by atoms with Crippen LogP contribution in [0.1, 0.15) is 45.2 Å². The van der Waals surface area contributed by atoms with Gasteiger partial charge in [0.15, 0.2) is 17.5 Å². The van der Waals surface area contributed by atoms with Gasteiger partial charge in [-0.15, -0.1) is 0 Å². The van der Waals surface area contributed by atoms with Crippen LogP contribution in [0.3, 0.4) is 0 Å². The molecule has 0 aliphatic carbocycles. The van der Waals surface area contributed by atoms with E-state index in [4.69, 9.17) is 0 Å². The zero-order valence-electron chi connectivity index (χ0n) is 11.1. The van der Waals surface area contributed by atoms with E-state index in [9.17, 15) is 13.2 Å². The highest BCUT2D eigenvalue weighted by atomic mass is 19.2. The lowest BCUT2D eigenvalue weighted by molar-refractivity contribution is 0.330. The topological polar surface area (TPSA) is 12.0 Å². The third-order valence-electron chi connectivity index (χ3n) is 3.34. The van der Waals surface area contributed by atoms with E-state index in [-0.39, 0.29) is 17.5 Å². The van der Waals surface area contributed by atoms with Crippen molar-refractivity contribution in [3.8, 4) is 0 Å². The molecule has 0 amide bonds. The first-order valence-electron chi connectivity index (χ1n) is 6.43. The Hall–Kier alpha value is -1.03. The van der Waals surface area contributed by atoms with Crippen LogP contribution in [-0.2, 0) is 0 Å². The Morgan fingerprint density at radius 2 is 1.61 bits per heavy atom.